The maximum absolute atomic E-state index is 12.5. The molecule has 1 aliphatic rings. The number of pyridine rings is 1. The van der Waals surface area contributed by atoms with Crippen molar-refractivity contribution in [3.05, 3.63) is 30.1 Å². The molecule has 0 amide bonds. The Hall–Kier alpha value is -1.14. The first-order valence-electron chi connectivity index (χ1n) is 7.79. The SMILES string of the molecule is CC(C)CC(NC1CCN(CC(F)(F)F)C1)c1ccccn1. The minimum Gasteiger partial charge on any atom is -0.304 e. The fourth-order valence-electron chi connectivity index (χ4n) is 2.98. The zero-order chi connectivity index (χ0) is 16.2. The summed E-state index contributed by atoms with van der Waals surface area (Å²) in [7, 11) is 0. The number of nitrogens with one attached hydrogen (secondary N) is 1. The van der Waals surface area contributed by atoms with Crippen molar-refractivity contribution in [1.29, 1.82) is 0 Å². The quantitative estimate of drug-likeness (QED) is 0.872. The highest BCUT2D eigenvalue weighted by atomic mass is 19.4. The third kappa shape index (κ3) is 5.57. The summed E-state index contributed by atoms with van der Waals surface area (Å²) in [6.07, 6.45) is -0.688. The molecule has 0 radical (unpaired) electrons. The topological polar surface area (TPSA) is 28.2 Å². The molecule has 22 heavy (non-hydrogen) atoms. The molecule has 2 rings (SSSR count). The molecule has 0 saturated carbocycles. The van der Waals surface area contributed by atoms with Crippen LogP contribution in [0.2, 0.25) is 0 Å². The van der Waals surface area contributed by atoms with Gasteiger partial charge in [-0.15, -0.1) is 0 Å². The van der Waals surface area contributed by atoms with Crippen molar-refractivity contribution >= 4 is 0 Å². The monoisotopic (exact) mass is 315 g/mol. The van der Waals surface area contributed by atoms with E-state index in [9.17, 15) is 13.2 Å². The molecule has 0 aromatic carbocycles. The smallest absolute Gasteiger partial charge is 0.304 e. The predicted octanol–water partition coefficient (Wildman–Crippen LogP) is 3.40. The van der Waals surface area contributed by atoms with E-state index in [4.69, 9.17) is 0 Å². The van der Waals surface area contributed by atoms with E-state index in [0.717, 1.165) is 18.5 Å². The lowest BCUT2D eigenvalue weighted by molar-refractivity contribution is -0.143. The second-order valence-electron chi connectivity index (χ2n) is 6.44. The fourth-order valence-corrected chi connectivity index (χ4v) is 2.98. The van der Waals surface area contributed by atoms with Gasteiger partial charge in [0.25, 0.3) is 0 Å². The number of halogens is 3. The molecule has 3 nitrogen and oxygen atoms in total. The zero-order valence-corrected chi connectivity index (χ0v) is 13.1. The van der Waals surface area contributed by atoms with Gasteiger partial charge < -0.3 is 5.32 Å². The second kappa shape index (κ2) is 7.42. The largest absolute Gasteiger partial charge is 0.401 e. The van der Waals surface area contributed by atoms with E-state index >= 15 is 0 Å². The molecule has 1 N–H and O–H groups in total. The minimum atomic E-state index is -4.12. The number of aromatic nitrogens is 1. The van der Waals surface area contributed by atoms with Gasteiger partial charge in [0, 0.05) is 31.4 Å². The van der Waals surface area contributed by atoms with Crippen molar-refractivity contribution < 1.29 is 13.2 Å². The Kier molecular flexibility index (Phi) is 5.81. The Morgan fingerprint density at radius 3 is 2.73 bits per heavy atom. The molecule has 0 aliphatic carbocycles. The van der Waals surface area contributed by atoms with Gasteiger partial charge in [-0.05, 0) is 30.9 Å². The van der Waals surface area contributed by atoms with E-state index in [-0.39, 0.29) is 12.1 Å². The number of nitrogens with zero attached hydrogens (tertiary/aromatic N) is 2. The minimum absolute atomic E-state index is 0.0908. The molecule has 1 aromatic rings. The average molecular weight is 315 g/mol. The normalized spacial score (nSPS) is 21.5. The van der Waals surface area contributed by atoms with Gasteiger partial charge >= 0.3 is 6.18 Å². The number of hydrogen-bond donors (Lipinski definition) is 1. The molecule has 0 bridgehead atoms. The zero-order valence-electron chi connectivity index (χ0n) is 13.1. The van der Waals surface area contributed by atoms with Crippen LogP contribution < -0.4 is 5.32 Å². The third-order valence-corrected chi connectivity index (χ3v) is 3.86. The Morgan fingerprint density at radius 2 is 2.14 bits per heavy atom. The van der Waals surface area contributed by atoms with Crippen LogP contribution in [-0.2, 0) is 0 Å². The van der Waals surface area contributed by atoms with Gasteiger partial charge in [-0.1, -0.05) is 19.9 Å². The van der Waals surface area contributed by atoms with Gasteiger partial charge in [0.2, 0.25) is 0 Å². The molecule has 2 unspecified atom stereocenters. The van der Waals surface area contributed by atoms with Crippen molar-refractivity contribution in [2.45, 2.75) is 44.9 Å². The van der Waals surface area contributed by atoms with Gasteiger partial charge in [0.1, 0.15) is 0 Å². The number of alkyl halides is 3. The Bertz CT molecular complexity index is 448. The van der Waals surface area contributed by atoms with Crippen molar-refractivity contribution in [1.82, 2.24) is 15.2 Å². The first kappa shape index (κ1) is 17.2. The summed E-state index contributed by atoms with van der Waals surface area (Å²) in [5.41, 5.74) is 0.963. The lowest BCUT2D eigenvalue weighted by Crippen LogP contribution is -2.38. The lowest BCUT2D eigenvalue weighted by Gasteiger charge is -2.25. The standard InChI is InChI=1S/C16H24F3N3/c1-12(2)9-15(14-5-3-4-7-20-14)21-13-6-8-22(10-13)11-16(17,18)19/h3-5,7,12-13,15,21H,6,8-11H2,1-2H3. The van der Waals surface area contributed by atoms with E-state index < -0.39 is 12.7 Å². The number of rotatable bonds is 6. The highest BCUT2D eigenvalue weighted by Crippen LogP contribution is 2.24. The molecular formula is C16H24F3N3. The maximum atomic E-state index is 12.5. The Labute approximate surface area is 129 Å². The first-order chi connectivity index (χ1) is 10.3. The first-order valence-corrected chi connectivity index (χ1v) is 7.79. The summed E-state index contributed by atoms with van der Waals surface area (Å²) in [4.78, 5) is 5.87. The molecule has 124 valence electrons. The van der Waals surface area contributed by atoms with E-state index in [2.05, 4.69) is 24.1 Å². The molecule has 1 aromatic heterocycles. The highest BCUT2D eigenvalue weighted by molar-refractivity contribution is 5.09. The number of hydrogen-bond acceptors (Lipinski definition) is 3. The van der Waals surface area contributed by atoms with Crippen LogP contribution >= 0.6 is 0 Å². The highest BCUT2D eigenvalue weighted by Gasteiger charge is 2.35. The summed E-state index contributed by atoms with van der Waals surface area (Å²) in [6.45, 7) is 4.41. The van der Waals surface area contributed by atoms with Crippen molar-refractivity contribution in [2.75, 3.05) is 19.6 Å². The van der Waals surface area contributed by atoms with Crippen molar-refractivity contribution in [2.24, 2.45) is 5.92 Å². The Balaban J connectivity index is 1.94. The molecule has 2 heterocycles. The maximum Gasteiger partial charge on any atom is 0.401 e. The summed E-state index contributed by atoms with van der Waals surface area (Å²) in [5.74, 6) is 0.493. The fraction of sp³-hybridized carbons (Fsp3) is 0.688. The van der Waals surface area contributed by atoms with Crippen molar-refractivity contribution in [3.63, 3.8) is 0 Å². The van der Waals surface area contributed by atoms with Gasteiger partial charge in [0.05, 0.1) is 12.2 Å². The molecular weight excluding hydrogens is 291 g/mol. The van der Waals surface area contributed by atoms with Gasteiger partial charge in [0.15, 0.2) is 0 Å². The molecule has 1 fully saturated rings. The average Bonchev–Trinajstić information content (AvgIpc) is 2.83. The molecule has 0 spiro atoms. The summed E-state index contributed by atoms with van der Waals surface area (Å²) in [6, 6.07) is 5.98. The van der Waals surface area contributed by atoms with E-state index in [1.807, 2.05) is 18.2 Å². The van der Waals surface area contributed by atoms with E-state index in [1.54, 1.807) is 6.20 Å². The van der Waals surface area contributed by atoms with E-state index in [1.165, 1.54) is 4.90 Å². The van der Waals surface area contributed by atoms with Gasteiger partial charge in [-0.2, -0.15) is 13.2 Å². The van der Waals surface area contributed by atoms with Crippen LogP contribution in [-0.4, -0.2) is 41.7 Å². The van der Waals surface area contributed by atoms with Crippen LogP contribution in [0.3, 0.4) is 0 Å². The van der Waals surface area contributed by atoms with Crippen molar-refractivity contribution in [3.8, 4) is 0 Å². The Morgan fingerprint density at radius 1 is 1.36 bits per heavy atom. The summed E-state index contributed by atoms with van der Waals surface area (Å²) >= 11 is 0. The molecule has 1 saturated heterocycles. The van der Waals surface area contributed by atoms with Crippen LogP contribution in [0.1, 0.15) is 38.4 Å². The summed E-state index contributed by atoms with van der Waals surface area (Å²) < 4.78 is 37.4. The second-order valence-corrected chi connectivity index (χ2v) is 6.44. The molecule has 2 atom stereocenters. The van der Waals surface area contributed by atoms with E-state index in [0.29, 0.717) is 19.0 Å². The van der Waals surface area contributed by atoms with Gasteiger partial charge in [-0.25, -0.2) is 0 Å². The van der Waals surface area contributed by atoms with Crippen LogP contribution in [0, 0.1) is 5.92 Å². The van der Waals surface area contributed by atoms with Crippen LogP contribution in [0.4, 0.5) is 13.2 Å². The van der Waals surface area contributed by atoms with Crippen LogP contribution in [0.5, 0.6) is 0 Å². The van der Waals surface area contributed by atoms with Crippen LogP contribution in [0.25, 0.3) is 0 Å². The summed E-state index contributed by atoms with van der Waals surface area (Å²) in [5, 5.41) is 3.51. The number of likely N-dealkylation sites (tertiary alicyclic amines) is 1. The third-order valence-electron chi connectivity index (χ3n) is 3.86. The molecule has 6 heteroatoms. The van der Waals surface area contributed by atoms with Crippen LogP contribution in [0.15, 0.2) is 24.4 Å². The predicted molar refractivity (Wildman–Crippen MR) is 80.5 cm³/mol. The lowest BCUT2D eigenvalue weighted by atomic mass is 9.99. The van der Waals surface area contributed by atoms with Gasteiger partial charge in [-0.3, -0.25) is 9.88 Å². The molecule has 1 aliphatic heterocycles.